The molecule has 2 amide bonds. The Balaban J connectivity index is 1.32. The van der Waals surface area contributed by atoms with Crippen molar-refractivity contribution in [1.29, 1.82) is 0 Å². The topological polar surface area (TPSA) is 123 Å². The molecule has 3 aliphatic heterocycles. The SMILES string of the molecule is Cc1cc2c(cc1S(=O)(=O)N1CCC[C@@H](C(=O)Nc3ccc4c(c3)OCCO4)C1)O[C@@H](C)C(=O)N2. The molecule has 1 saturated heterocycles. The van der Waals surface area contributed by atoms with E-state index in [1.165, 1.54) is 10.4 Å². The van der Waals surface area contributed by atoms with Gasteiger partial charge in [-0.3, -0.25) is 9.59 Å². The molecule has 11 heteroatoms. The number of benzene rings is 2. The molecule has 1 fully saturated rings. The van der Waals surface area contributed by atoms with E-state index in [2.05, 4.69) is 10.6 Å². The number of carbonyl (C=O) groups excluding carboxylic acids is 2. The fourth-order valence-electron chi connectivity index (χ4n) is 4.50. The van der Waals surface area contributed by atoms with E-state index in [0.717, 1.165) is 0 Å². The number of nitrogens with zero attached hydrogens (tertiary/aromatic N) is 1. The number of carbonyl (C=O) groups is 2. The summed E-state index contributed by atoms with van der Waals surface area (Å²) in [5.74, 6) is 0.477. The molecule has 0 radical (unpaired) electrons. The quantitative estimate of drug-likeness (QED) is 0.660. The molecule has 0 saturated carbocycles. The van der Waals surface area contributed by atoms with Crippen molar-refractivity contribution in [3.8, 4) is 17.2 Å². The van der Waals surface area contributed by atoms with Gasteiger partial charge in [-0.25, -0.2) is 8.42 Å². The lowest BCUT2D eigenvalue weighted by atomic mass is 9.98. The first-order chi connectivity index (χ1) is 16.7. The highest BCUT2D eigenvalue weighted by atomic mass is 32.2. The van der Waals surface area contributed by atoms with E-state index in [-0.39, 0.29) is 23.3 Å². The van der Waals surface area contributed by atoms with Gasteiger partial charge in [0, 0.05) is 30.9 Å². The summed E-state index contributed by atoms with van der Waals surface area (Å²) >= 11 is 0. The number of anilines is 2. The van der Waals surface area contributed by atoms with E-state index in [1.54, 1.807) is 38.1 Å². The van der Waals surface area contributed by atoms with Crippen molar-refractivity contribution < 1.29 is 32.2 Å². The van der Waals surface area contributed by atoms with Gasteiger partial charge in [-0.05, 0) is 50.5 Å². The summed E-state index contributed by atoms with van der Waals surface area (Å²) in [4.78, 5) is 25.0. The van der Waals surface area contributed by atoms with Crippen molar-refractivity contribution in [2.45, 2.75) is 37.7 Å². The summed E-state index contributed by atoms with van der Waals surface area (Å²) in [7, 11) is -3.88. The molecule has 0 bridgehead atoms. The summed E-state index contributed by atoms with van der Waals surface area (Å²) in [5, 5.41) is 5.61. The van der Waals surface area contributed by atoms with Crippen molar-refractivity contribution >= 4 is 33.2 Å². The zero-order valence-electron chi connectivity index (χ0n) is 19.5. The van der Waals surface area contributed by atoms with Crippen LogP contribution >= 0.6 is 0 Å². The van der Waals surface area contributed by atoms with Gasteiger partial charge in [0.15, 0.2) is 17.6 Å². The summed E-state index contributed by atoms with van der Waals surface area (Å²) < 4.78 is 45.1. The first kappa shape index (κ1) is 23.4. The van der Waals surface area contributed by atoms with Gasteiger partial charge in [0.1, 0.15) is 19.0 Å². The first-order valence-electron chi connectivity index (χ1n) is 11.6. The third kappa shape index (κ3) is 4.53. The van der Waals surface area contributed by atoms with E-state index in [0.29, 0.717) is 66.8 Å². The van der Waals surface area contributed by atoms with Gasteiger partial charge in [-0.15, -0.1) is 0 Å². The standard InChI is InChI=1S/C24H27N3O7S/c1-14-10-18-20(34-15(2)23(28)26-18)12-22(14)35(30,31)27-7-3-4-16(13-27)24(29)25-17-5-6-19-21(11-17)33-9-8-32-19/h5-6,10-12,15-16H,3-4,7-9,13H2,1-2H3,(H,25,29)(H,26,28)/t15-,16+/m0/s1. The lowest BCUT2D eigenvalue weighted by molar-refractivity contribution is -0.123. The van der Waals surface area contributed by atoms with Crippen LogP contribution in [0.5, 0.6) is 17.2 Å². The number of sulfonamides is 1. The van der Waals surface area contributed by atoms with Gasteiger partial charge in [0.05, 0.1) is 16.5 Å². The van der Waals surface area contributed by atoms with E-state index >= 15 is 0 Å². The molecule has 35 heavy (non-hydrogen) atoms. The third-order valence-electron chi connectivity index (χ3n) is 6.39. The maximum Gasteiger partial charge on any atom is 0.265 e. The summed E-state index contributed by atoms with van der Waals surface area (Å²) in [5.41, 5.74) is 1.50. The zero-order valence-corrected chi connectivity index (χ0v) is 20.3. The molecule has 2 aromatic rings. The highest BCUT2D eigenvalue weighted by Crippen LogP contribution is 2.37. The molecule has 10 nitrogen and oxygen atoms in total. The first-order valence-corrected chi connectivity index (χ1v) is 13.0. The summed E-state index contributed by atoms with van der Waals surface area (Å²) in [6.07, 6.45) is 0.425. The minimum atomic E-state index is -3.88. The Kier molecular flexibility index (Phi) is 6.06. The van der Waals surface area contributed by atoms with E-state index in [4.69, 9.17) is 14.2 Å². The number of fused-ring (bicyclic) bond motifs is 2. The molecule has 3 aliphatic rings. The summed E-state index contributed by atoms with van der Waals surface area (Å²) in [6, 6.07) is 8.24. The van der Waals surface area contributed by atoms with Crippen LogP contribution in [0.25, 0.3) is 0 Å². The fraction of sp³-hybridized carbons (Fsp3) is 0.417. The molecule has 2 atom stereocenters. The Bertz CT molecular complexity index is 1290. The fourth-order valence-corrected chi connectivity index (χ4v) is 6.25. The number of hydrogen-bond donors (Lipinski definition) is 2. The minimum Gasteiger partial charge on any atom is -0.486 e. The van der Waals surface area contributed by atoms with Crippen molar-refractivity contribution in [2.24, 2.45) is 5.92 Å². The van der Waals surface area contributed by atoms with Crippen LogP contribution in [0.15, 0.2) is 35.2 Å². The van der Waals surface area contributed by atoms with Gasteiger partial charge in [-0.1, -0.05) is 0 Å². The van der Waals surface area contributed by atoms with Gasteiger partial charge in [0.2, 0.25) is 15.9 Å². The predicted octanol–water partition coefficient (Wildman–Crippen LogP) is 2.53. The average molecular weight is 502 g/mol. The number of nitrogens with one attached hydrogen (secondary N) is 2. The van der Waals surface area contributed by atoms with Crippen molar-refractivity contribution in [2.75, 3.05) is 36.9 Å². The van der Waals surface area contributed by atoms with Crippen LogP contribution in [-0.4, -0.2) is 56.9 Å². The lowest BCUT2D eigenvalue weighted by Gasteiger charge is -2.32. The second kappa shape index (κ2) is 9.04. The minimum absolute atomic E-state index is 0.0727. The average Bonchev–Trinajstić information content (AvgIpc) is 2.84. The number of aryl methyl sites for hydroxylation is 1. The Hall–Kier alpha value is -3.31. The third-order valence-corrected chi connectivity index (χ3v) is 8.40. The van der Waals surface area contributed by atoms with Gasteiger partial charge < -0.3 is 24.8 Å². The largest absolute Gasteiger partial charge is 0.486 e. The van der Waals surface area contributed by atoms with Crippen LogP contribution in [0.3, 0.4) is 0 Å². The number of rotatable bonds is 4. The maximum atomic E-state index is 13.5. The highest BCUT2D eigenvalue weighted by molar-refractivity contribution is 7.89. The number of hydrogen-bond acceptors (Lipinski definition) is 7. The van der Waals surface area contributed by atoms with E-state index < -0.39 is 22.0 Å². The van der Waals surface area contributed by atoms with Crippen LogP contribution in [0.4, 0.5) is 11.4 Å². The smallest absolute Gasteiger partial charge is 0.265 e. The van der Waals surface area contributed by atoms with Gasteiger partial charge in [-0.2, -0.15) is 4.31 Å². The highest BCUT2D eigenvalue weighted by Gasteiger charge is 2.35. The van der Waals surface area contributed by atoms with Gasteiger partial charge >= 0.3 is 0 Å². The molecule has 0 aromatic heterocycles. The van der Waals surface area contributed by atoms with Crippen molar-refractivity contribution in [3.63, 3.8) is 0 Å². The van der Waals surface area contributed by atoms with Crippen LogP contribution in [0.1, 0.15) is 25.3 Å². The molecular weight excluding hydrogens is 474 g/mol. The monoisotopic (exact) mass is 501 g/mol. The Labute approximate surface area is 203 Å². The maximum absolute atomic E-state index is 13.5. The Morgan fingerprint density at radius 1 is 1.11 bits per heavy atom. The molecular formula is C24H27N3O7S. The van der Waals surface area contributed by atoms with Crippen LogP contribution in [0.2, 0.25) is 0 Å². The van der Waals surface area contributed by atoms with Crippen LogP contribution in [-0.2, 0) is 19.6 Å². The number of ether oxygens (including phenoxy) is 3. The van der Waals surface area contributed by atoms with E-state index in [1.807, 2.05) is 0 Å². The number of amides is 2. The van der Waals surface area contributed by atoms with Crippen LogP contribution < -0.4 is 24.8 Å². The predicted molar refractivity (Wildman–Crippen MR) is 127 cm³/mol. The van der Waals surface area contributed by atoms with Crippen LogP contribution in [0, 0.1) is 12.8 Å². The summed E-state index contributed by atoms with van der Waals surface area (Å²) in [6.45, 7) is 4.59. The van der Waals surface area contributed by atoms with Gasteiger partial charge in [0.25, 0.3) is 5.91 Å². The lowest BCUT2D eigenvalue weighted by Crippen LogP contribution is -2.44. The molecule has 0 spiro atoms. The number of piperidine rings is 1. The van der Waals surface area contributed by atoms with Crippen molar-refractivity contribution in [1.82, 2.24) is 4.31 Å². The Morgan fingerprint density at radius 3 is 2.69 bits per heavy atom. The van der Waals surface area contributed by atoms with Crippen molar-refractivity contribution in [3.05, 3.63) is 35.9 Å². The second-order valence-electron chi connectivity index (χ2n) is 8.91. The molecule has 2 N–H and O–H groups in total. The molecule has 0 unspecified atom stereocenters. The van der Waals surface area contributed by atoms with E-state index in [9.17, 15) is 18.0 Å². The molecule has 3 heterocycles. The molecule has 2 aromatic carbocycles. The molecule has 0 aliphatic carbocycles. The zero-order chi connectivity index (χ0) is 24.7. The Morgan fingerprint density at radius 2 is 1.89 bits per heavy atom. The molecule has 186 valence electrons. The second-order valence-corrected chi connectivity index (χ2v) is 10.8. The normalized spacial score (nSPS) is 21.9. The molecule has 5 rings (SSSR count).